The molecule has 23 heavy (non-hydrogen) atoms. The van der Waals surface area contributed by atoms with Gasteiger partial charge in [0, 0.05) is 11.3 Å². The van der Waals surface area contributed by atoms with Gasteiger partial charge in [-0.2, -0.15) is 5.10 Å². The summed E-state index contributed by atoms with van der Waals surface area (Å²) in [5, 5.41) is 6.56. The normalized spacial score (nSPS) is 10.6. The third-order valence-corrected chi connectivity index (χ3v) is 3.49. The highest BCUT2D eigenvalue weighted by Crippen LogP contribution is 2.24. The Morgan fingerprint density at radius 3 is 2.43 bits per heavy atom. The topological polar surface area (TPSA) is 70.6 Å². The van der Waals surface area contributed by atoms with Crippen LogP contribution in [0.4, 0.5) is 10.1 Å². The summed E-state index contributed by atoms with van der Waals surface area (Å²) in [6.45, 7) is 0. The van der Waals surface area contributed by atoms with Crippen molar-refractivity contribution in [2.24, 2.45) is 5.10 Å². The first-order valence-electron chi connectivity index (χ1n) is 6.31. The second-order valence-corrected chi connectivity index (χ2v) is 5.09. The molecule has 0 aromatic heterocycles. The highest BCUT2D eigenvalue weighted by Gasteiger charge is 2.12. The van der Waals surface area contributed by atoms with Crippen LogP contribution in [0.2, 0.25) is 10.0 Å². The Morgan fingerprint density at radius 1 is 1.04 bits per heavy atom. The number of anilines is 1. The largest absolute Gasteiger partial charge is 0.329 e. The SMILES string of the molecule is O=C(N/N=C\c1cccc(Cl)c1Cl)C(=O)Nc1ccc(F)cc1. The minimum absolute atomic E-state index is 0.280. The van der Waals surface area contributed by atoms with E-state index in [1.165, 1.54) is 18.3 Å². The summed E-state index contributed by atoms with van der Waals surface area (Å²) in [6, 6.07) is 9.89. The molecule has 0 saturated carbocycles. The van der Waals surface area contributed by atoms with Gasteiger partial charge in [-0.3, -0.25) is 9.59 Å². The van der Waals surface area contributed by atoms with Gasteiger partial charge < -0.3 is 5.32 Å². The smallest absolute Gasteiger partial charge is 0.318 e. The van der Waals surface area contributed by atoms with Crippen LogP contribution in [0.1, 0.15) is 5.56 Å². The van der Waals surface area contributed by atoms with Crippen molar-refractivity contribution in [2.75, 3.05) is 5.32 Å². The lowest BCUT2D eigenvalue weighted by Crippen LogP contribution is -2.32. The Hall–Kier alpha value is -2.44. The molecule has 2 rings (SSSR count). The Morgan fingerprint density at radius 2 is 1.74 bits per heavy atom. The molecule has 0 bridgehead atoms. The maximum Gasteiger partial charge on any atom is 0.329 e. The third kappa shape index (κ3) is 4.77. The fourth-order valence-electron chi connectivity index (χ4n) is 1.55. The van der Waals surface area contributed by atoms with Gasteiger partial charge in [-0.05, 0) is 30.3 Å². The number of hydrazone groups is 1. The van der Waals surface area contributed by atoms with Crippen molar-refractivity contribution in [3.05, 3.63) is 63.9 Å². The van der Waals surface area contributed by atoms with E-state index in [0.717, 1.165) is 12.1 Å². The predicted molar refractivity (Wildman–Crippen MR) is 87.2 cm³/mol. The summed E-state index contributed by atoms with van der Waals surface area (Å²) in [6.07, 6.45) is 1.26. The van der Waals surface area contributed by atoms with Crippen molar-refractivity contribution < 1.29 is 14.0 Å². The van der Waals surface area contributed by atoms with Crippen LogP contribution >= 0.6 is 23.2 Å². The minimum atomic E-state index is -0.983. The summed E-state index contributed by atoms with van der Waals surface area (Å²) in [5.74, 6) is -2.37. The molecule has 5 nitrogen and oxygen atoms in total. The molecule has 0 fully saturated rings. The Balaban J connectivity index is 1.93. The number of carbonyl (C=O) groups excluding carboxylic acids is 2. The van der Waals surface area contributed by atoms with Crippen molar-refractivity contribution >= 4 is 46.9 Å². The molecular formula is C15H10Cl2FN3O2. The molecule has 2 N–H and O–H groups in total. The average molecular weight is 354 g/mol. The molecule has 0 aliphatic rings. The van der Waals surface area contributed by atoms with Crippen molar-refractivity contribution in [1.82, 2.24) is 5.43 Å². The van der Waals surface area contributed by atoms with Gasteiger partial charge in [0.15, 0.2) is 0 Å². The first-order valence-corrected chi connectivity index (χ1v) is 7.07. The van der Waals surface area contributed by atoms with Gasteiger partial charge in [0.05, 0.1) is 16.3 Å². The minimum Gasteiger partial charge on any atom is -0.318 e. The molecule has 0 heterocycles. The standard InChI is InChI=1S/C15H10Cl2FN3O2/c16-12-3-1-2-9(13(12)17)8-19-21-15(23)14(22)20-11-6-4-10(18)5-7-11/h1-8H,(H,20,22)(H,21,23)/b19-8-. The van der Waals surface area contributed by atoms with E-state index in [1.807, 2.05) is 0 Å². The lowest BCUT2D eigenvalue weighted by Gasteiger charge is -2.03. The van der Waals surface area contributed by atoms with Crippen molar-refractivity contribution in [3.8, 4) is 0 Å². The number of amides is 2. The van der Waals surface area contributed by atoms with Crippen molar-refractivity contribution in [2.45, 2.75) is 0 Å². The molecule has 0 unspecified atom stereocenters. The van der Waals surface area contributed by atoms with Gasteiger partial charge in [-0.1, -0.05) is 35.3 Å². The zero-order valence-electron chi connectivity index (χ0n) is 11.5. The number of nitrogens with one attached hydrogen (secondary N) is 2. The van der Waals surface area contributed by atoms with E-state index in [4.69, 9.17) is 23.2 Å². The van der Waals surface area contributed by atoms with E-state index in [0.29, 0.717) is 10.6 Å². The van der Waals surface area contributed by atoms with Gasteiger partial charge in [-0.15, -0.1) is 0 Å². The molecule has 0 radical (unpaired) electrons. The summed E-state index contributed by atoms with van der Waals surface area (Å²) < 4.78 is 12.7. The van der Waals surface area contributed by atoms with Crippen LogP contribution in [-0.4, -0.2) is 18.0 Å². The van der Waals surface area contributed by atoms with E-state index in [9.17, 15) is 14.0 Å². The van der Waals surface area contributed by atoms with Gasteiger partial charge in [0.2, 0.25) is 0 Å². The quantitative estimate of drug-likeness (QED) is 0.505. The lowest BCUT2D eigenvalue weighted by atomic mass is 10.2. The van der Waals surface area contributed by atoms with Crippen LogP contribution < -0.4 is 10.7 Å². The third-order valence-electron chi connectivity index (χ3n) is 2.66. The number of benzene rings is 2. The fraction of sp³-hybridized carbons (Fsp3) is 0. The molecule has 2 amide bonds. The van der Waals surface area contributed by atoms with E-state index in [1.54, 1.807) is 18.2 Å². The second-order valence-electron chi connectivity index (χ2n) is 4.30. The second kappa shape index (κ2) is 7.71. The van der Waals surface area contributed by atoms with Gasteiger partial charge >= 0.3 is 11.8 Å². The number of hydrogen-bond acceptors (Lipinski definition) is 3. The number of hydrogen-bond donors (Lipinski definition) is 2. The number of rotatable bonds is 3. The highest BCUT2D eigenvalue weighted by molar-refractivity contribution is 6.43. The predicted octanol–water partition coefficient (Wildman–Crippen LogP) is 3.22. The van der Waals surface area contributed by atoms with Crippen LogP contribution in [0.3, 0.4) is 0 Å². The lowest BCUT2D eigenvalue weighted by molar-refractivity contribution is -0.136. The number of halogens is 3. The zero-order chi connectivity index (χ0) is 16.8. The number of carbonyl (C=O) groups is 2. The molecule has 0 spiro atoms. The molecule has 118 valence electrons. The Kier molecular flexibility index (Phi) is 5.67. The summed E-state index contributed by atoms with van der Waals surface area (Å²) in [4.78, 5) is 23.2. The molecule has 2 aromatic rings. The van der Waals surface area contributed by atoms with Gasteiger partial charge in [0.1, 0.15) is 5.82 Å². The molecule has 0 atom stereocenters. The van der Waals surface area contributed by atoms with Crippen LogP contribution in [0.5, 0.6) is 0 Å². The van der Waals surface area contributed by atoms with E-state index in [2.05, 4.69) is 15.8 Å². The summed E-state index contributed by atoms with van der Waals surface area (Å²) >= 11 is 11.8. The van der Waals surface area contributed by atoms with Crippen LogP contribution in [0.25, 0.3) is 0 Å². The van der Waals surface area contributed by atoms with Crippen molar-refractivity contribution in [1.29, 1.82) is 0 Å². The first kappa shape index (κ1) is 16.9. The summed E-state index contributed by atoms with van der Waals surface area (Å²) in [7, 11) is 0. The molecule has 0 saturated heterocycles. The van der Waals surface area contributed by atoms with Crippen LogP contribution in [0, 0.1) is 5.82 Å². The maximum atomic E-state index is 12.7. The maximum absolute atomic E-state index is 12.7. The van der Waals surface area contributed by atoms with E-state index >= 15 is 0 Å². The van der Waals surface area contributed by atoms with Gasteiger partial charge in [-0.25, -0.2) is 9.82 Å². The monoisotopic (exact) mass is 353 g/mol. The molecule has 0 aliphatic heterocycles. The molecule has 0 aliphatic carbocycles. The van der Waals surface area contributed by atoms with Crippen LogP contribution in [0.15, 0.2) is 47.6 Å². The highest BCUT2D eigenvalue weighted by atomic mass is 35.5. The Bertz CT molecular complexity index is 764. The molecule has 8 heteroatoms. The molecular weight excluding hydrogens is 344 g/mol. The van der Waals surface area contributed by atoms with Crippen molar-refractivity contribution in [3.63, 3.8) is 0 Å². The summed E-state index contributed by atoms with van der Waals surface area (Å²) in [5.41, 5.74) is 2.82. The van der Waals surface area contributed by atoms with E-state index in [-0.39, 0.29) is 10.7 Å². The Labute approximate surface area is 141 Å². The van der Waals surface area contributed by atoms with Gasteiger partial charge in [0.25, 0.3) is 0 Å². The zero-order valence-corrected chi connectivity index (χ0v) is 13.0. The fourth-order valence-corrected chi connectivity index (χ4v) is 1.91. The molecule has 2 aromatic carbocycles. The first-order chi connectivity index (χ1) is 11.0. The van der Waals surface area contributed by atoms with Crippen LogP contribution in [-0.2, 0) is 9.59 Å². The number of nitrogens with zero attached hydrogens (tertiary/aromatic N) is 1. The van der Waals surface area contributed by atoms with E-state index < -0.39 is 17.6 Å². The average Bonchev–Trinajstić information content (AvgIpc) is 2.53.